The van der Waals surface area contributed by atoms with Gasteiger partial charge in [-0.2, -0.15) is 13.2 Å². The van der Waals surface area contributed by atoms with Crippen LogP contribution < -0.4 is 16.4 Å². The van der Waals surface area contributed by atoms with Gasteiger partial charge < -0.3 is 26.4 Å². The van der Waals surface area contributed by atoms with Gasteiger partial charge in [-0.15, -0.1) is 0 Å². The number of aryl methyl sites for hydroxylation is 1. The quantitative estimate of drug-likeness (QED) is 0.498. The fraction of sp³-hybridized carbons (Fsp3) is 0.478. The molecular weight excluding hydrogens is 435 g/mol. The Bertz CT molecular complexity index is 997. The van der Waals surface area contributed by atoms with E-state index in [0.29, 0.717) is 30.3 Å². The number of nitrogens with one attached hydrogen (secondary N) is 2. The fourth-order valence-corrected chi connectivity index (χ4v) is 3.86. The number of urea groups is 1. The number of aromatic nitrogens is 1. The first kappa shape index (κ1) is 24.6. The van der Waals surface area contributed by atoms with Crippen LogP contribution in [0.15, 0.2) is 30.3 Å². The minimum absolute atomic E-state index is 0.0848. The van der Waals surface area contributed by atoms with Gasteiger partial charge in [-0.25, -0.2) is 9.78 Å². The number of benzene rings is 1. The van der Waals surface area contributed by atoms with Gasteiger partial charge in [-0.3, -0.25) is 0 Å². The summed E-state index contributed by atoms with van der Waals surface area (Å²) >= 11 is 0. The smallest absolute Gasteiger partial charge is 0.389 e. The van der Waals surface area contributed by atoms with Crippen molar-refractivity contribution >= 4 is 23.4 Å². The van der Waals surface area contributed by atoms with Crippen LogP contribution in [0.3, 0.4) is 0 Å². The molecule has 0 aliphatic carbocycles. The molecule has 7 nitrogen and oxygen atoms in total. The average Bonchev–Trinajstić information content (AvgIpc) is 3.15. The summed E-state index contributed by atoms with van der Waals surface area (Å²) in [5.41, 5.74) is 9.07. The van der Waals surface area contributed by atoms with Crippen LogP contribution in [0.25, 0.3) is 11.1 Å². The van der Waals surface area contributed by atoms with E-state index in [0.717, 1.165) is 16.7 Å². The van der Waals surface area contributed by atoms with Gasteiger partial charge in [0.1, 0.15) is 11.6 Å². The van der Waals surface area contributed by atoms with Gasteiger partial charge in [0.2, 0.25) is 0 Å². The summed E-state index contributed by atoms with van der Waals surface area (Å²) in [5.74, 6) is 0.244. The molecule has 0 bridgehead atoms. The lowest BCUT2D eigenvalue weighted by Crippen LogP contribution is -2.33. The van der Waals surface area contributed by atoms with Crippen molar-refractivity contribution in [1.29, 1.82) is 0 Å². The first-order valence-corrected chi connectivity index (χ1v) is 10.9. The molecule has 3 atom stereocenters. The summed E-state index contributed by atoms with van der Waals surface area (Å²) in [6.07, 6.45) is -5.35. The predicted octanol–water partition coefficient (Wildman–Crippen LogP) is 4.63. The van der Waals surface area contributed by atoms with Crippen LogP contribution in [0, 0.1) is 12.8 Å². The SMILES string of the molecule is Cc1ccc(NC(=O)N2CC[C@@H](CC(F)(F)F)C2)cc1-c1cc(N)nc(N[C@H](C)[C@@H](C)O)c1. The number of aliphatic hydroxyl groups excluding tert-OH is 1. The zero-order valence-electron chi connectivity index (χ0n) is 18.9. The summed E-state index contributed by atoms with van der Waals surface area (Å²) in [7, 11) is 0. The molecule has 1 aliphatic heterocycles. The molecule has 1 fully saturated rings. The molecular formula is C23H30F3N5O2. The third-order valence-corrected chi connectivity index (χ3v) is 5.84. The molecule has 33 heavy (non-hydrogen) atoms. The second kappa shape index (κ2) is 9.86. The lowest BCUT2D eigenvalue weighted by atomic mass is 10.00. The van der Waals surface area contributed by atoms with Crippen molar-refractivity contribution in [3.63, 3.8) is 0 Å². The van der Waals surface area contributed by atoms with Crippen LogP contribution in [0.4, 0.5) is 35.3 Å². The van der Waals surface area contributed by atoms with E-state index < -0.39 is 30.7 Å². The second-order valence-corrected chi connectivity index (χ2v) is 8.72. The Morgan fingerprint density at radius 2 is 2.03 bits per heavy atom. The van der Waals surface area contributed by atoms with E-state index in [1.54, 1.807) is 25.1 Å². The van der Waals surface area contributed by atoms with Crippen molar-refractivity contribution in [3.8, 4) is 11.1 Å². The second-order valence-electron chi connectivity index (χ2n) is 8.72. The molecule has 5 N–H and O–H groups in total. The Hall–Kier alpha value is -3.01. The normalized spacial score (nSPS) is 18.2. The van der Waals surface area contributed by atoms with Crippen molar-refractivity contribution in [2.45, 2.75) is 51.9 Å². The van der Waals surface area contributed by atoms with E-state index in [2.05, 4.69) is 15.6 Å². The van der Waals surface area contributed by atoms with Crippen molar-refractivity contribution in [2.75, 3.05) is 29.5 Å². The molecule has 1 aliphatic rings. The van der Waals surface area contributed by atoms with Crippen LogP contribution in [-0.2, 0) is 0 Å². The number of hydrogen-bond acceptors (Lipinski definition) is 5. The lowest BCUT2D eigenvalue weighted by Gasteiger charge is -2.19. The highest BCUT2D eigenvalue weighted by atomic mass is 19.4. The molecule has 2 amide bonds. The number of nitrogen functional groups attached to an aromatic ring is 1. The summed E-state index contributed by atoms with van der Waals surface area (Å²) in [6, 6.07) is 8.27. The number of alkyl halides is 3. The standard InChI is InChI=1S/C23H30F3N5O2/c1-13-4-5-18(29-22(33)31-7-6-16(12-31)11-23(24,25)26)10-19(13)17-8-20(27)30-21(9-17)28-14(2)15(3)32/h4-5,8-10,14-16,32H,6-7,11-12H2,1-3H3,(H,29,33)(H3,27,28,30)/t14-,15-,16+/m1/s1. The minimum Gasteiger partial charge on any atom is -0.391 e. The summed E-state index contributed by atoms with van der Waals surface area (Å²) in [6.45, 7) is 5.80. The lowest BCUT2D eigenvalue weighted by molar-refractivity contribution is -0.143. The Labute approximate surface area is 191 Å². The monoisotopic (exact) mass is 465 g/mol. The van der Waals surface area contributed by atoms with E-state index in [4.69, 9.17) is 5.73 Å². The number of halogens is 3. The Morgan fingerprint density at radius 1 is 1.30 bits per heavy atom. The third kappa shape index (κ3) is 6.74. The molecule has 0 radical (unpaired) electrons. The number of carbonyl (C=O) groups excluding carboxylic acids is 1. The third-order valence-electron chi connectivity index (χ3n) is 5.84. The van der Waals surface area contributed by atoms with Crippen molar-refractivity contribution < 1.29 is 23.1 Å². The van der Waals surface area contributed by atoms with E-state index in [9.17, 15) is 23.1 Å². The molecule has 1 aromatic heterocycles. The van der Waals surface area contributed by atoms with E-state index in [-0.39, 0.29) is 12.6 Å². The number of likely N-dealkylation sites (tertiary alicyclic amines) is 1. The van der Waals surface area contributed by atoms with Gasteiger partial charge in [-0.1, -0.05) is 6.07 Å². The molecule has 3 rings (SSSR count). The molecule has 1 aromatic carbocycles. The van der Waals surface area contributed by atoms with Gasteiger partial charge in [0, 0.05) is 25.2 Å². The van der Waals surface area contributed by atoms with E-state index >= 15 is 0 Å². The Kier molecular flexibility index (Phi) is 7.36. The molecule has 0 spiro atoms. The number of aliphatic hydroxyl groups is 1. The highest BCUT2D eigenvalue weighted by molar-refractivity contribution is 5.91. The maximum Gasteiger partial charge on any atom is 0.389 e. The Morgan fingerprint density at radius 3 is 2.70 bits per heavy atom. The number of carbonyl (C=O) groups is 1. The molecule has 0 saturated carbocycles. The molecule has 2 heterocycles. The summed E-state index contributed by atoms with van der Waals surface area (Å²) < 4.78 is 37.9. The molecule has 1 saturated heterocycles. The fourth-order valence-electron chi connectivity index (χ4n) is 3.86. The molecule has 180 valence electrons. The summed E-state index contributed by atoms with van der Waals surface area (Å²) in [5, 5.41) is 15.7. The van der Waals surface area contributed by atoms with Crippen molar-refractivity contribution in [1.82, 2.24) is 9.88 Å². The van der Waals surface area contributed by atoms with E-state index in [1.807, 2.05) is 26.0 Å². The van der Waals surface area contributed by atoms with Gasteiger partial charge in [-0.05, 0) is 74.1 Å². The number of nitrogens with zero attached hydrogens (tertiary/aromatic N) is 2. The van der Waals surface area contributed by atoms with Gasteiger partial charge in [0.15, 0.2) is 0 Å². The topological polar surface area (TPSA) is 104 Å². The maximum atomic E-state index is 12.6. The van der Waals surface area contributed by atoms with Gasteiger partial charge in [0.25, 0.3) is 0 Å². The molecule has 2 aromatic rings. The number of hydrogen-bond donors (Lipinski definition) is 4. The van der Waals surface area contributed by atoms with E-state index in [1.165, 1.54) is 4.90 Å². The largest absolute Gasteiger partial charge is 0.391 e. The highest BCUT2D eigenvalue weighted by Gasteiger charge is 2.36. The minimum atomic E-state index is -4.23. The van der Waals surface area contributed by atoms with Crippen LogP contribution >= 0.6 is 0 Å². The first-order chi connectivity index (χ1) is 15.4. The number of rotatable bonds is 6. The summed E-state index contributed by atoms with van der Waals surface area (Å²) in [4.78, 5) is 18.3. The maximum absolute atomic E-state index is 12.6. The molecule has 10 heteroatoms. The average molecular weight is 466 g/mol. The highest BCUT2D eigenvalue weighted by Crippen LogP contribution is 2.32. The molecule has 0 unspecified atom stereocenters. The van der Waals surface area contributed by atoms with Crippen LogP contribution in [0.2, 0.25) is 0 Å². The number of pyridine rings is 1. The van der Waals surface area contributed by atoms with Crippen LogP contribution in [-0.4, -0.2) is 52.4 Å². The van der Waals surface area contributed by atoms with Gasteiger partial charge in [0.05, 0.1) is 12.1 Å². The van der Waals surface area contributed by atoms with Crippen LogP contribution in [0.5, 0.6) is 0 Å². The zero-order valence-corrected chi connectivity index (χ0v) is 18.9. The van der Waals surface area contributed by atoms with Crippen molar-refractivity contribution in [2.24, 2.45) is 5.92 Å². The van der Waals surface area contributed by atoms with Crippen molar-refractivity contribution in [3.05, 3.63) is 35.9 Å². The number of anilines is 3. The number of amides is 2. The first-order valence-electron chi connectivity index (χ1n) is 10.9. The van der Waals surface area contributed by atoms with Crippen LogP contribution in [0.1, 0.15) is 32.3 Å². The Balaban J connectivity index is 1.75. The predicted molar refractivity (Wildman–Crippen MR) is 123 cm³/mol. The van der Waals surface area contributed by atoms with Gasteiger partial charge >= 0.3 is 12.2 Å². The number of nitrogens with two attached hydrogens (primary N) is 1. The zero-order chi connectivity index (χ0) is 24.3.